The summed E-state index contributed by atoms with van der Waals surface area (Å²) < 4.78 is 5.01. The monoisotopic (exact) mass is 436 g/mol. The van der Waals surface area contributed by atoms with Crippen molar-refractivity contribution in [2.75, 3.05) is 19.0 Å². The first-order chi connectivity index (χ1) is 15.4. The van der Waals surface area contributed by atoms with Crippen molar-refractivity contribution in [1.29, 1.82) is 0 Å². The second kappa shape index (κ2) is 8.66. The molecule has 4 rings (SSSR count). The molecule has 0 saturated carbocycles. The number of ether oxygens (including phenoxy) is 1. The highest BCUT2D eigenvalue weighted by molar-refractivity contribution is 6.39. The number of amides is 3. The molecule has 1 aliphatic rings. The lowest BCUT2D eigenvalue weighted by Crippen LogP contribution is -2.46. The molecule has 0 bridgehead atoms. The fourth-order valence-electron chi connectivity index (χ4n) is 4.16. The molecule has 10 heteroatoms. The molecular formula is C22H24N6O4. The van der Waals surface area contributed by atoms with Gasteiger partial charge in [0.15, 0.2) is 0 Å². The summed E-state index contributed by atoms with van der Waals surface area (Å²) in [6.07, 6.45) is 4.72. The van der Waals surface area contributed by atoms with Gasteiger partial charge in [0, 0.05) is 11.9 Å². The Morgan fingerprint density at radius 2 is 2.06 bits per heavy atom. The fourth-order valence-corrected chi connectivity index (χ4v) is 4.16. The van der Waals surface area contributed by atoms with Gasteiger partial charge in [0.25, 0.3) is 5.91 Å². The smallest absolute Gasteiger partial charge is 0.313 e. The van der Waals surface area contributed by atoms with Crippen LogP contribution in [0.15, 0.2) is 36.7 Å². The molecule has 0 unspecified atom stereocenters. The molecule has 3 aromatic rings. The Morgan fingerprint density at radius 3 is 2.81 bits per heavy atom. The lowest BCUT2D eigenvalue weighted by atomic mass is 9.88. The van der Waals surface area contributed by atoms with Crippen LogP contribution in [0.3, 0.4) is 0 Å². The van der Waals surface area contributed by atoms with Gasteiger partial charge in [0.1, 0.15) is 5.56 Å². The second-order valence-electron chi connectivity index (χ2n) is 7.93. The Morgan fingerprint density at radius 1 is 1.25 bits per heavy atom. The minimum absolute atomic E-state index is 0.00820. The number of anilines is 1. The highest BCUT2D eigenvalue weighted by Crippen LogP contribution is 2.36. The maximum atomic E-state index is 13.2. The summed E-state index contributed by atoms with van der Waals surface area (Å²) in [5, 5.41) is 10.5. The Bertz CT molecular complexity index is 1190. The first-order valence-electron chi connectivity index (χ1n) is 10.3. The van der Waals surface area contributed by atoms with E-state index < -0.39 is 17.7 Å². The Hall–Kier alpha value is -3.95. The van der Waals surface area contributed by atoms with Gasteiger partial charge in [-0.05, 0) is 36.5 Å². The number of aromatic amines is 1. The number of aromatic nitrogens is 3. The van der Waals surface area contributed by atoms with Crippen LogP contribution in [0.1, 0.15) is 41.7 Å². The minimum atomic E-state index is -0.814. The molecular weight excluding hydrogens is 412 g/mol. The van der Waals surface area contributed by atoms with Gasteiger partial charge in [-0.25, -0.2) is 4.98 Å². The van der Waals surface area contributed by atoms with Gasteiger partial charge in [-0.2, -0.15) is 5.10 Å². The third-order valence-corrected chi connectivity index (χ3v) is 5.72. The molecule has 166 valence electrons. The second-order valence-corrected chi connectivity index (χ2v) is 7.93. The molecule has 10 nitrogen and oxygen atoms in total. The summed E-state index contributed by atoms with van der Waals surface area (Å²) in [5.74, 6) is -1.92. The SMILES string of the molecule is COc1ncc(NC(=O)C(=O)N2C[C@H](C)CC[C@H]2c2cccc3[nH]ncc23)cc1C(N)=O. The van der Waals surface area contributed by atoms with Crippen LogP contribution in [0.2, 0.25) is 0 Å². The molecule has 1 aromatic carbocycles. The molecule has 0 radical (unpaired) electrons. The number of piperidine rings is 1. The summed E-state index contributed by atoms with van der Waals surface area (Å²) in [7, 11) is 1.36. The number of methoxy groups -OCH3 is 1. The Balaban J connectivity index is 1.60. The Kier molecular flexibility index (Phi) is 5.76. The standard InChI is InChI=1S/C22H24N6O4/c1-12-6-7-18(14-4-3-5-17-16(14)10-25-27-17)28(11-12)22(31)20(30)26-13-8-15(19(23)29)21(32-2)24-9-13/h3-5,8-10,12,18H,6-7,11H2,1-2H3,(H2,23,29)(H,25,27)(H,26,30)/t12-,18+/m1/s1. The fraction of sp³-hybridized carbons (Fsp3) is 0.318. The summed E-state index contributed by atoms with van der Waals surface area (Å²) in [4.78, 5) is 43.3. The van der Waals surface area contributed by atoms with E-state index in [2.05, 4.69) is 27.4 Å². The number of likely N-dealkylation sites (tertiary alicyclic amines) is 1. The van der Waals surface area contributed by atoms with Gasteiger partial charge in [-0.1, -0.05) is 19.1 Å². The first kappa shape index (κ1) is 21.3. The number of pyridine rings is 1. The van der Waals surface area contributed by atoms with Crippen LogP contribution in [0.4, 0.5) is 5.69 Å². The Labute approximate surface area is 184 Å². The normalized spacial score (nSPS) is 18.4. The van der Waals surface area contributed by atoms with Crippen molar-refractivity contribution >= 4 is 34.3 Å². The molecule has 1 saturated heterocycles. The van der Waals surface area contributed by atoms with Crippen molar-refractivity contribution in [3.8, 4) is 5.88 Å². The van der Waals surface area contributed by atoms with E-state index >= 15 is 0 Å². The maximum Gasteiger partial charge on any atom is 0.313 e. The molecule has 32 heavy (non-hydrogen) atoms. The van der Waals surface area contributed by atoms with Gasteiger partial charge in [0.2, 0.25) is 5.88 Å². The number of primary amides is 1. The number of benzene rings is 1. The van der Waals surface area contributed by atoms with Crippen LogP contribution < -0.4 is 15.8 Å². The lowest BCUT2D eigenvalue weighted by molar-refractivity contribution is -0.146. The molecule has 3 heterocycles. The molecule has 2 atom stereocenters. The number of fused-ring (bicyclic) bond motifs is 1. The van der Waals surface area contributed by atoms with E-state index in [1.807, 2.05) is 18.2 Å². The van der Waals surface area contributed by atoms with E-state index in [-0.39, 0.29) is 29.1 Å². The van der Waals surface area contributed by atoms with Gasteiger partial charge in [0.05, 0.1) is 36.7 Å². The number of carbonyl (C=O) groups is 3. The maximum absolute atomic E-state index is 13.2. The minimum Gasteiger partial charge on any atom is -0.480 e. The van der Waals surface area contributed by atoms with Crippen LogP contribution in [-0.2, 0) is 9.59 Å². The van der Waals surface area contributed by atoms with Crippen LogP contribution in [-0.4, -0.2) is 51.5 Å². The summed E-state index contributed by atoms with van der Waals surface area (Å²) in [5.41, 5.74) is 7.36. The quantitative estimate of drug-likeness (QED) is 0.534. The van der Waals surface area contributed by atoms with Crippen molar-refractivity contribution < 1.29 is 19.1 Å². The first-order valence-corrected chi connectivity index (χ1v) is 10.3. The predicted molar refractivity (Wildman–Crippen MR) is 117 cm³/mol. The van der Waals surface area contributed by atoms with Crippen molar-refractivity contribution in [3.63, 3.8) is 0 Å². The van der Waals surface area contributed by atoms with Crippen LogP contribution >= 0.6 is 0 Å². The van der Waals surface area contributed by atoms with E-state index in [0.29, 0.717) is 6.54 Å². The zero-order chi connectivity index (χ0) is 22.8. The van der Waals surface area contributed by atoms with Crippen LogP contribution in [0, 0.1) is 5.92 Å². The zero-order valence-electron chi connectivity index (χ0n) is 17.8. The summed E-state index contributed by atoms with van der Waals surface area (Å²) in [6, 6.07) is 6.88. The van der Waals surface area contributed by atoms with Gasteiger partial charge >= 0.3 is 11.8 Å². The molecule has 3 amide bonds. The number of nitrogens with zero attached hydrogens (tertiary/aromatic N) is 3. The summed E-state index contributed by atoms with van der Waals surface area (Å²) in [6.45, 7) is 2.51. The molecule has 1 aliphatic heterocycles. The van der Waals surface area contributed by atoms with Crippen molar-refractivity contribution in [3.05, 3.63) is 47.8 Å². The van der Waals surface area contributed by atoms with Gasteiger partial charge in [-0.3, -0.25) is 19.5 Å². The number of hydrogen-bond acceptors (Lipinski definition) is 6. The number of nitrogens with one attached hydrogen (secondary N) is 2. The van der Waals surface area contributed by atoms with E-state index in [1.54, 1.807) is 11.1 Å². The average molecular weight is 436 g/mol. The molecule has 2 aromatic heterocycles. The number of H-pyrrole nitrogens is 1. The molecule has 0 spiro atoms. The van der Waals surface area contributed by atoms with Crippen LogP contribution in [0.25, 0.3) is 10.9 Å². The predicted octanol–water partition coefficient (Wildman–Crippen LogP) is 2.00. The highest BCUT2D eigenvalue weighted by atomic mass is 16.5. The van der Waals surface area contributed by atoms with Crippen LogP contribution in [0.5, 0.6) is 5.88 Å². The van der Waals surface area contributed by atoms with Crippen molar-refractivity contribution in [1.82, 2.24) is 20.1 Å². The largest absolute Gasteiger partial charge is 0.480 e. The molecule has 4 N–H and O–H groups in total. The number of carbonyl (C=O) groups excluding carboxylic acids is 3. The van der Waals surface area contributed by atoms with Gasteiger partial charge in [-0.15, -0.1) is 0 Å². The van der Waals surface area contributed by atoms with Gasteiger partial charge < -0.3 is 20.7 Å². The zero-order valence-corrected chi connectivity index (χ0v) is 17.8. The van der Waals surface area contributed by atoms with E-state index in [0.717, 1.165) is 29.3 Å². The van der Waals surface area contributed by atoms with Crippen molar-refractivity contribution in [2.45, 2.75) is 25.8 Å². The molecule has 0 aliphatic carbocycles. The van der Waals surface area contributed by atoms with E-state index in [4.69, 9.17) is 10.5 Å². The third kappa shape index (κ3) is 3.98. The van der Waals surface area contributed by atoms with E-state index in [9.17, 15) is 14.4 Å². The molecule has 1 fully saturated rings. The number of rotatable bonds is 4. The third-order valence-electron chi connectivity index (χ3n) is 5.72. The average Bonchev–Trinajstić information content (AvgIpc) is 3.27. The topological polar surface area (TPSA) is 143 Å². The van der Waals surface area contributed by atoms with E-state index in [1.165, 1.54) is 19.4 Å². The number of nitrogens with two attached hydrogens (primary N) is 1. The number of hydrogen-bond donors (Lipinski definition) is 3. The highest BCUT2D eigenvalue weighted by Gasteiger charge is 2.35. The lowest BCUT2D eigenvalue weighted by Gasteiger charge is -2.38. The summed E-state index contributed by atoms with van der Waals surface area (Å²) >= 11 is 0. The van der Waals surface area contributed by atoms with Crippen molar-refractivity contribution in [2.24, 2.45) is 11.7 Å².